The Morgan fingerprint density at radius 2 is 2.19 bits per heavy atom. The molecule has 0 bridgehead atoms. The third kappa shape index (κ3) is 2.53. The largest absolute Gasteiger partial charge is 1.00 e. The Morgan fingerprint density at radius 1 is 1.44 bits per heavy atom. The van der Waals surface area contributed by atoms with E-state index < -0.39 is 10.0 Å². The summed E-state index contributed by atoms with van der Waals surface area (Å²) in [5.41, 5.74) is 1.65. The average Bonchev–Trinajstić information content (AvgIpc) is 2.63. The lowest BCUT2D eigenvalue weighted by atomic mass is 10.3. The van der Waals surface area contributed by atoms with Gasteiger partial charge in [-0.2, -0.15) is 0 Å². The predicted molar refractivity (Wildman–Crippen MR) is 55.7 cm³/mol. The molecule has 1 aromatic heterocycles. The van der Waals surface area contributed by atoms with Crippen molar-refractivity contribution in [2.24, 2.45) is 0 Å². The van der Waals surface area contributed by atoms with E-state index in [1.54, 1.807) is 31.5 Å². The first-order chi connectivity index (χ1) is 7.13. The molecule has 1 aromatic carbocycles. The highest BCUT2D eigenvalue weighted by atomic mass is 127. The highest BCUT2D eigenvalue weighted by Gasteiger charge is 2.14. The maximum Gasteiger partial charge on any atom is 0.240 e. The van der Waals surface area contributed by atoms with Crippen LogP contribution in [0.1, 0.15) is 6.92 Å². The highest BCUT2D eigenvalue weighted by Crippen LogP contribution is 2.13. The van der Waals surface area contributed by atoms with Gasteiger partial charge in [0.05, 0.1) is 4.90 Å². The van der Waals surface area contributed by atoms with Crippen molar-refractivity contribution in [3.05, 3.63) is 24.5 Å². The summed E-state index contributed by atoms with van der Waals surface area (Å²) in [6.45, 7) is 2.13. The van der Waals surface area contributed by atoms with E-state index in [-0.39, 0.29) is 28.9 Å². The molecule has 0 amide bonds. The maximum absolute atomic E-state index is 11.7. The zero-order chi connectivity index (χ0) is 10.9. The first-order valence-corrected chi connectivity index (χ1v) is 6.10. The number of halogens is 1. The zero-order valence-corrected chi connectivity index (χ0v) is 11.6. The summed E-state index contributed by atoms with van der Waals surface area (Å²) in [5, 5.41) is 0. The second-order valence-corrected chi connectivity index (χ2v) is 4.91. The molecule has 88 valence electrons. The summed E-state index contributed by atoms with van der Waals surface area (Å²) in [5.74, 6) is 0. The summed E-state index contributed by atoms with van der Waals surface area (Å²) in [4.78, 5) is 6.16. The Kier molecular flexibility index (Phi) is 4.28. The van der Waals surface area contributed by atoms with E-state index in [0.29, 0.717) is 6.54 Å². The van der Waals surface area contributed by atoms with Crippen LogP contribution >= 0.6 is 0 Å². The first-order valence-electron chi connectivity index (χ1n) is 4.62. The van der Waals surface area contributed by atoms with Crippen LogP contribution in [0.25, 0.3) is 11.0 Å². The maximum atomic E-state index is 11.7. The van der Waals surface area contributed by atoms with E-state index in [2.05, 4.69) is 14.7 Å². The Balaban J connectivity index is 0.00000128. The molecule has 0 saturated heterocycles. The minimum absolute atomic E-state index is 0. The van der Waals surface area contributed by atoms with E-state index in [4.69, 9.17) is 0 Å². The van der Waals surface area contributed by atoms with Gasteiger partial charge in [0.25, 0.3) is 0 Å². The van der Waals surface area contributed by atoms with Gasteiger partial charge in [-0.25, -0.2) is 23.1 Å². The lowest BCUT2D eigenvalue weighted by molar-refractivity contribution is -0.344. The number of benzene rings is 1. The van der Waals surface area contributed by atoms with Crippen LogP contribution in [0.3, 0.4) is 0 Å². The Morgan fingerprint density at radius 3 is 2.88 bits per heavy atom. The molecule has 0 saturated carbocycles. The minimum Gasteiger partial charge on any atom is -1.00 e. The van der Waals surface area contributed by atoms with Crippen LogP contribution < -0.4 is 33.7 Å². The Bertz CT molecular complexity index is 579. The average molecular weight is 353 g/mol. The van der Waals surface area contributed by atoms with Gasteiger partial charge in [0.1, 0.15) is 0 Å². The quantitative estimate of drug-likeness (QED) is 0.589. The molecule has 5 nitrogen and oxygen atoms in total. The second-order valence-electron chi connectivity index (χ2n) is 3.14. The summed E-state index contributed by atoms with van der Waals surface area (Å²) in [6, 6.07) is 4.91. The van der Waals surface area contributed by atoms with Crippen molar-refractivity contribution in [2.75, 3.05) is 6.54 Å². The Labute approximate surface area is 111 Å². The summed E-state index contributed by atoms with van der Waals surface area (Å²) >= 11 is 0. The number of sulfonamides is 1. The van der Waals surface area contributed by atoms with Gasteiger partial charge in [0.2, 0.25) is 16.4 Å². The molecule has 0 atom stereocenters. The Hall–Kier alpha value is -0.670. The predicted octanol–water partition coefficient (Wildman–Crippen LogP) is -2.72. The number of aromatic nitrogens is 2. The lowest BCUT2D eigenvalue weighted by Gasteiger charge is -2.02. The molecular weight excluding hydrogens is 341 g/mol. The third-order valence-corrected chi connectivity index (χ3v) is 3.63. The van der Waals surface area contributed by atoms with Gasteiger partial charge >= 0.3 is 0 Å². The normalized spacial score (nSPS) is 11.3. The number of rotatable bonds is 3. The molecule has 7 heteroatoms. The topological polar surface area (TPSA) is 76.1 Å². The van der Waals surface area contributed by atoms with Gasteiger partial charge in [0.15, 0.2) is 11.0 Å². The lowest BCUT2D eigenvalue weighted by Crippen LogP contribution is -3.00. The zero-order valence-electron chi connectivity index (χ0n) is 8.62. The van der Waals surface area contributed by atoms with Crippen molar-refractivity contribution >= 4 is 21.1 Å². The first kappa shape index (κ1) is 13.4. The third-order valence-electron chi connectivity index (χ3n) is 2.09. The van der Waals surface area contributed by atoms with Crippen LogP contribution in [0, 0.1) is 0 Å². The van der Waals surface area contributed by atoms with Crippen molar-refractivity contribution in [3.8, 4) is 0 Å². The monoisotopic (exact) mass is 353 g/mol. The summed E-state index contributed by atoms with van der Waals surface area (Å²) in [7, 11) is -3.36. The van der Waals surface area contributed by atoms with Crippen LogP contribution in [-0.2, 0) is 10.0 Å². The van der Waals surface area contributed by atoms with Gasteiger partial charge in [-0.15, -0.1) is 0 Å². The molecule has 3 N–H and O–H groups in total. The van der Waals surface area contributed by atoms with Gasteiger partial charge in [0, 0.05) is 12.6 Å². The molecule has 0 spiro atoms. The molecule has 16 heavy (non-hydrogen) atoms. The van der Waals surface area contributed by atoms with E-state index in [0.717, 1.165) is 11.0 Å². The molecule has 0 fully saturated rings. The van der Waals surface area contributed by atoms with Crippen LogP contribution in [0.2, 0.25) is 0 Å². The van der Waals surface area contributed by atoms with Crippen molar-refractivity contribution in [3.63, 3.8) is 0 Å². The van der Waals surface area contributed by atoms with Gasteiger partial charge < -0.3 is 24.0 Å². The molecule has 0 unspecified atom stereocenters. The summed E-state index contributed by atoms with van der Waals surface area (Å²) < 4.78 is 25.8. The van der Waals surface area contributed by atoms with Crippen molar-refractivity contribution in [2.45, 2.75) is 11.8 Å². The molecule has 1 heterocycles. The number of nitrogens with one attached hydrogen (secondary N) is 3. The fraction of sp³-hybridized carbons (Fsp3) is 0.222. The summed E-state index contributed by atoms with van der Waals surface area (Å²) in [6.07, 6.45) is 1.66. The van der Waals surface area contributed by atoms with Crippen molar-refractivity contribution in [1.82, 2.24) is 9.71 Å². The van der Waals surface area contributed by atoms with Gasteiger partial charge in [-0.3, -0.25) is 0 Å². The molecule has 0 aliphatic rings. The SMILES string of the molecule is CCNS(=O)(=O)c1ccc2[nH+]c[nH]c2c1.[I-]. The number of H-pyrrole nitrogens is 2. The highest BCUT2D eigenvalue weighted by molar-refractivity contribution is 7.89. The van der Waals surface area contributed by atoms with Gasteiger partial charge in [-0.05, 0) is 12.1 Å². The molecule has 2 aromatic rings. The van der Waals surface area contributed by atoms with Crippen LogP contribution in [-0.4, -0.2) is 19.9 Å². The van der Waals surface area contributed by atoms with Crippen LogP contribution in [0.15, 0.2) is 29.4 Å². The number of aromatic amines is 2. The van der Waals surface area contributed by atoms with E-state index in [1.165, 1.54) is 0 Å². The number of hydrogen-bond donors (Lipinski definition) is 2. The molecule has 0 aliphatic carbocycles. The smallest absolute Gasteiger partial charge is 0.240 e. The molecular formula is C9H12IN3O2S. The van der Waals surface area contributed by atoms with E-state index in [9.17, 15) is 8.42 Å². The number of imidazole rings is 1. The van der Waals surface area contributed by atoms with Crippen LogP contribution in [0.4, 0.5) is 0 Å². The number of fused-ring (bicyclic) bond motifs is 1. The fourth-order valence-electron chi connectivity index (χ4n) is 1.40. The molecule has 0 aliphatic heterocycles. The minimum atomic E-state index is -3.36. The van der Waals surface area contributed by atoms with Gasteiger partial charge in [-0.1, -0.05) is 6.92 Å². The van der Waals surface area contributed by atoms with Crippen molar-refractivity contribution < 1.29 is 37.4 Å². The molecule has 2 rings (SSSR count). The fourth-order valence-corrected chi connectivity index (χ4v) is 2.47. The van der Waals surface area contributed by atoms with E-state index in [1.807, 2.05) is 0 Å². The van der Waals surface area contributed by atoms with Crippen molar-refractivity contribution in [1.29, 1.82) is 0 Å². The standard InChI is InChI=1S/C9H11N3O2S.HI/c1-2-12-15(13,14)7-3-4-8-9(5-7)11-6-10-8;/h3-6,12H,2H2,1H3,(H,10,11);1H. The molecule has 0 radical (unpaired) electrons. The van der Waals surface area contributed by atoms with Crippen LogP contribution in [0.5, 0.6) is 0 Å². The van der Waals surface area contributed by atoms with E-state index >= 15 is 0 Å². The second kappa shape index (κ2) is 5.11. The number of hydrogen-bond acceptors (Lipinski definition) is 2.